The second-order valence-corrected chi connectivity index (χ2v) is 5.00. The third-order valence-corrected chi connectivity index (χ3v) is 3.24. The predicted octanol–water partition coefficient (Wildman–Crippen LogP) is 3.20. The maximum atomic E-state index is 3.70. The van der Waals surface area contributed by atoms with Gasteiger partial charge in [-0.3, -0.25) is 0 Å². The monoisotopic (exact) mass is 183 g/mol. The number of nitrogens with one attached hydrogen (secondary N) is 1. The van der Waals surface area contributed by atoms with Gasteiger partial charge in [-0.1, -0.05) is 33.6 Å². The van der Waals surface area contributed by atoms with Gasteiger partial charge in [-0.15, -0.1) is 0 Å². The van der Waals surface area contributed by atoms with Gasteiger partial charge in [-0.25, -0.2) is 0 Å². The summed E-state index contributed by atoms with van der Waals surface area (Å²) in [5.74, 6) is 1.74. The highest BCUT2D eigenvalue weighted by atomic mass is 14.9. The van der Waals surface area contributed by atoms with Crippen molar-refractivity contribution in [2.45, 2.75) is 58.9 Å². The Kier molecular flexibility index (Phi) is 4.79. The highest BCUT2D eigenvalue weighted by Crippen LogP contribution is 2.23. The standard InChI is InChI=1S/C12H25N/c1-10(2)8-9-13-12-7-5-4-6-11(12)3/h10-13H,4-9H2,1-3H3/t11-,12-/m1/s1. The fraction of sp³-hybridized carbons (Fsp3) is 1.00. The van der Waals surface area contributed by atoms with Crippen LogP contribution in [-0.4, -0.2) is 12.6 Å². The first-order chi connectivity index (χ1) is 6.20. The second kappa shape index (κ2) is 5.64. The molecule has 0 aliphatic heterocycles. The van der Waals surface area contributed by atoms with E-state index in [0.717, 1.165) is 17.9 Å². The number of hydrogen-bond donors (Lipinski definition) is 1. The van der Waals surface area contributed by atoms with E-state index in [1.807, 2.05) is 0 Å². The molecule has 1 saturated carbocycles. The molecule has 78 valence electrons. The first-order valence-electron chi connectivity index (χ1n) is 5.93. The molecule has 13 heavy (non-hydrogen) atoms. The minimum atomic E-state index is 0.812. The highest BCUT2D eigenvalue weighted by molar-refractivity contribution is 4.77. The van der Waals surface area contributed by atoms with Crippen LogP contribution in [0.25, 0.3) is 0 Å². The van der Waals surface area contributed by atoms with E-state index < -0.39 is 0 Å². The third kappa shape index (κ3) is 4.12. The van der Waals surface area contributed by atoms with E-state index in [1.54, 1.807) is 0 Å². The molecule has 0 unspecified atom stereocenters. The first kappa shape index (κ1) is 11.0. The number of hydrogen-bond acceptors (Lipinski definition) is 1. The van der Waals surface area contributed by atoms with Crippen LogP contribution in [0.4, 0.5) is 0 Å². The van der Waals surface area contributed by atoms with E-state index in [4.69, 9.17) is 0 Å². The van der Waals surface area contributed by atoms with E-state index in [2.05, 4.69) is 26.1 Å². The lowest BCUT2D eigenvalue weighted by molar-refractivity contribution is 0.277. The third-order valence-electron chi connectivity index (χ3n) is 3.24. The zero-order chi connectivity index (χ0) is 9.68. The molecule has 1 N–H and O–H groups in total. The zero-order valence-corrected chi connectivity index (χ0v) is 9.47. The first-order valence-corrected chi connectivity index (χ1v) is 5.93. The summed E-state index contributed by atoms with van der Waals surface area (Å²) in [5, 5.41) is 3.70. The van der Waals surface area contributed by atoms with Crippen LogP contribution in [0.3, 0.4) is 0 Å². The lowest BCUT2D eigenvalue weighted by Gasteiger charge is -2.29. The summed E-state index contributed by atoms with van der Waals surface area (Å²) in [6.07, 6.45) is 7.04. The molecule has 0 heterocycles. The fourth-order valence-corrected chi connectivity index (χ4v) is 2.18. The highest BCUT2D eigenvalue weighted by Gasteiger charge is 2.19. The Morgan fingerprint density at radius 1 is 1.23 bits per heavy atom. The van der Waals surface area contributed by atoms with Crippen molar-refractivity contribution in [2.24, 2.45) is 11.8 Å². The molecule has 1 rings (SSSR count). The van der Waals surface area contributed by atoms with Crippen molar-refractivity contribution in [1.29, 1.82) is 0 Å². The molecule has 0 amide bonds. The lowest BCUT2D eigenvalue weighted by atomic mass is 9.86. The molecule has 0 radical (unpaired) electrons. The molecule has 0 bridgehead atoms. The lowest BCUT2D eigenvalue weighted by Crippen LogP contribution is -2.38. The quantitative estimate of drug-likeness (QED) is 0.706. The molecular weight excluding hydrogens is 158 g/mol. The van der Waals surface area contributed by atoms with Gasteiger partial charge in [0.2, 0.25) is 0 Å². The Labute approximate surface area is 83.3 Å². The van der Waals surface area contributed by atoms with Crippen molar-refractivity contribution in [1.82, 2.24) is 5.32 Å². The molecule has 0 aromatic heterocycles. The molecule has 1 heteroatoms. The van der Waals surface area contributed by atoms with Gasteiger partial charge >= 0.3 is 0 Å². The summed E-state index contributed by atoms with van der Waals surface area (Å²) in [6.45, 7) is 8.21. The number of rotatable bonds is 4. The Morgan fingerprint density at radius 3 is 2.54 bits per heavy atom. The maximum absolute atomic E-state index is 3.70. The molecule has 0 aromatic carbocycles. The van der Waals surface area contributed by atoms with E-state index in [-0.39, 0.29) is 0 Å². The van der Waals surface area contributed by atoms with E-state index in [0.29, 0.717) is 0 Å². The largest absolute Gasteiger partial charge is 0.314 e. The van der Waals surface area contributed by atoms with Gasteiger partial charge in [0.1, 0.15) is 0 Å². The van der Waals surface area contributed by atoms with Crippen LogP contribution in [-0.2, 0) is 0 Å². The molecule has 1 aliphatic rings. The molecule has 2 atom stereocenters. The van der Waals surface area contributed by atoms with Gasteiger partial charge in [0.25, 0.3) is 0 Å². The van der Waals surface area contributed by atoms with Crippen LogP contribution in [0.15, 0.2) is 0 Å². The normalized spacial score (nSPS) is 29.5. The molecule has 0 aromatic rings. The smallest absolute Gasteiger partial charge is 0.00926 e. The van der Waals surface area contributed by atoms with Crippen molar-refractivity contribution in [3.63, 3.8) is 0 Å². The van der Waals surface area contributed by atoms with E-state index in [1.165, 1.54) is 38.6 Å². The molecule has 0 saturated heterocycles. The minimum Gasteiger partial charge on any atom is -0.314 e. The molecule has 1 aliphatic carbocycles. The van der Waals surface area contributed by atoms with Crippen molar-refractivity contribution in [3.05, 3.63) is 0 Å². The van der Waals surface area contributed by atoms with Crippen molar-refractivity contribution in [3.8, 4) is 0 Å². The zero-order valence-electron chi connectivity index (χ0n) is 9.47. The predicted molar refractivity (Wildman–Crippen MR) is 58.9 cm³/mol. The Bertz CT molecular complexity index is 131. The fourth-order valence-electron chi connectivity index (χ4n) is 2.18. The van der Waals surface area contributed by atoms with Crippen LogP contribution in [0.1, 0.15) is 52.9 Å². The molecular formula is C12H25N. The Hall–Kier alpha value is -0.0400. The average Bonchev–Trinajstić information content (AvgIpc) is 2.08. The van der Waals surface area contributed by atoms with Crippen molar-refractivity contribution < 1.29 is 0 Å². The maximum Gasteiger partial charge on any atom is 0.00926 e. The van der Waals surface area contributed by atoms with Crippen LogP contribution in [0.5, 0.6) is 0 Å². The van der Waals surface area contributed by atoms with Crippen molar-refractivity contribution >= 4 is 0 Å². The van der Waals surface area contributed by atoms with Crippen LogP contribution < -0.4 is 5.32 Å². The summed E-state index contributed by atoms with van der Waals surface area (Å²) in [5.41, 5.74) is 0. The summed E-state index contributed by atoms with van der Waals surface area (Å²) in [4.78, 5) is 0. The molecule has 1 fully saturated rings. The van der Waals surface area contributed by atoms with Gasteiger partial charge in [0.15, 0.2) is 0 Å². The second-order valence-electron chi connectivity index (χ2n) is 5.00. The van der Waals surface area contributed by atoms with Gasteiger partial charge in [0.05, 0.1) is 0 Å². The summed E-state index contributed by atoms with van der Waals surface area (Å²) in [6, 6.07) is 0.812. The summed E-state index contributed by atoms with van der Waals surface area (Å²) >= 11 is 0. The SMILES string of the molecule is CC(C)CCN[C@@H]1CCCC[C@H]1C. The average molecular weight is 183 g/mol. The van der Waals surface area contributed by atoms with Crippen LogP contribution >= 0.6 is 0 Å². The van der Waals surface area contributed by atoms with Gasteiger partial charge in [-0.2, -0.15) is 0 Å². The van der Waals surface area contributed by atoms with E-state index >= 15 is 0 Å². The van der Waals surface area contributed by atoms with Crippen molar-refractivity contribution in [2.75, 3.05) is 6.54 Å². The van der Waals surface area contributed by atoms with Crippen LogP contribution in [0, 0.1) is 11.8 Å². The van der Waals surface area contributed by atoms with Crippen LogP contribution in [0.2, 0.25) is 0 Å². The van der Waals surface area contributed by atoms with Gasteiger partial charge in [-0.05, 0) is 37.6 Å². The minimum absolute atomic E-state index is 0.812. The Balaban J connectivity index is 2.11. The summed E-state index contributed by atoms with van der Waals surface area (Å²) in [7, 11) is 0. The summed E-state index contributed by atoms with van der Waals surface area (Å²) < 4.78 is 0. The van der Waals surface area contributed by atoms with Gasteiger partial charge in [0, 0.05) is 6.04 Å². The Morgan fingerprint density at radius 2 is 1.92 bits per heavy atom. The molecule has 0 spiro atoms. The van der Waals surface area contributed by atoms with E-state index in [9.17, 15) is 0 Å². The molecule has 1 nitrogen and oxygen atoms in total. The topological polar surface area (TPSA) is 12.0 Å². The van der Waals surface area contributed by atoms with Gasteiger partial charge < -0.3 is 5.32 Å².